The van der Waals surface area contributed by atoms with Gasteiger partial charge in [-0.2, -0.15) is 4.31 Å². The van der Waals surface area contributed by atoms with Crippen LogP contribution in [-0.2, 0) is 42.1 Å². The number of hydrogen-bond donors (Lipinski definition) is 1. The minimum Gasteiger partial charge on any atom is -0.484 e. The minimum absolute atomic E-state index is 0.0508. The van der Waals surface area contributed by atoms with Crippen molar-refractivity contribution in [3.63, 3.8) is 0 Å². The van der Waals surface area contributed by atoms with Crippen molar-refractivity contribution >= 4 is 33.4 Å². The predicted molar refractivity (Wildman–Crippen MR) is 169 cm³/mol. The highest BCUT2D eigenvalue weighted by Crippen LogP contribution is 2.22. The Morgan fingerprint density at radius 3 is 2.33 bits per heavy atom. The second-order valence-electron chi connectivity index (χ2n) is 11.0. The van der Waals surface area contributed by atoms with Crippen molar-refractivity contribution < 1.29 is 32.2 Å². The summed E-state index contributed by atoms with van der Waals surface area (Å²) in [5.74, 6) is -0.351. The van der Waals surface area contributed by atoms with E-state index in [-0.39, 0.29) is 30.1 Å². The van der Waals surface area contributed by atoms with Crippen LogP contribution in [0.3, 0.4) is 0 Å². The fourth-order valence-electron chi connectivity index (χ4n) is 5.35. The number of carbonyl (C=O) groups excluding carboxylic acids is 2. The second-order valence-corrected chi connectivity index (χ2v) is 13.4. The van der Waals surface area contributed by atoms with Gasteiger partial charge in [0.15, 0.2) is 6.61 Å². The summed E-state index contributed by atoms with van der Waals surface area (Å²) in [6.45, 7) is 2.14. The van der Waals surface area contributed by atoms with Crippen LogP contribution in [0.2, 0.25) is 5.02 Å². The van der Waals surface area contributed by atoms with Gasteiger partial charge < -0.3 is 24.4 Å². The summed E-state index contributed by atoms with van der Waals surface area (Å²) in [7, 11) is -3.66. The zero-order valence-electron chi connectivity index (χ0n) is 25.0. The van der Waals surface area contributed by atoms with Crippen LogP contribution >= 0.6 is 11.6 Å². The molecule has 2 aliphatic rings. The highest BCUT2D eigenvalue weighted by atomic mass is 35.5. The summed E-state index contributed by atoms with van der Waals surface area (Å²) < 4.78 is 44.2. The van der Waals surface area contributed by atoms with E-state index in [1.54, 1.807) is 12.1 Å². The SMILES string of the molecule is O=C(NC[C@H]1CCCO1)[C@@H](Cc1ccccc1)N(Cc1ccc(Cl)cc1)C(=O)COc1ccc(S(=O)(=O)N2CCOCC2)cc1. The van der Waals surface area contributed by atoms with E-state index < -0.39 is 22.0 Å². The quantitative estimate of drug-likeness (QED) is 0.299. The second kappa shape index (κ2) is 15.7. The van der Waals surface area contributed by atoms with Crippen molar-refractivity contribution in [1.29, 1.82) is 0 Å². The Kier molecular flexibility index (Phi) is 11.5. The molecular weight excluding hydrogens is 618 g/mol. The first-order chi connectivity index (χ1) is 21.8. The number of carbonyl (C=O) groups is 2. The van der Waals surface area contributed by atoms with Crippen LogP contribution in [0.5, 0.6) is 5.75 Å². The van der Waals surface area contributed by atoms with Gasteiger partial charge in [0, 0.05) is 44.2 Å². The molecule has 3 aromatic rings. The molecule has 2 fully saturated rings. The number of benzene rings is 3. The maximum absolute atomic E-state index is 13.9. The molecule has 0 bridgehead atoms. The molecule has 0 aromatic heterocycles. The van der Waals surface area contributed by atoms with E-state index in [2.05, 4.69) is 5.32 Å². The third-order valence-electron chi connectivity index (χ3n) is 7.86. The molecule has 0 aliphatic carbocycles. The number of rotatable bonds is 13. The van der Waals surface area contributed by atoms with E-state index in [9.17, 15) is 18.0 Å². The van der Waals surface area contributed by atoms with Gasteiger partial charge in [0.2, 0.25) is 15.9 Å². The van der Waals surface area contributed by atoms with Crippen molar-refractivity contribution in [2.45, 2.75) is 42.8 Å². The lowest BCUT2D eigenvalue weighted by atomic mass is 10.0. The van der Waals surface area contributed by atoms with Crippen LogP contribution in [0.4, 0.5) is 0 Å². The van der Waals surface area contributed by atoms with Gasteiger partial charge in [-0.15, -0.1) is 0 Å². The first-order valence-electron chi connectivity index (χ1n) is 15.1. The molecule has 3 aromatic carbocycles. The number of halogens is 1. The third-order valence-corrected chi connectivity index (χ3v) is 10.0. The van der Waals surface area contributed by atoms with Crippen molar-refractivity contribution in [2.24, 2.45) is 0 Å². The van der Waals surface area contributed by atoms with Gasteiger partial charge in [-0.3, -0.25) is 9.59 Å². The highest BCUT2D eigenvalue weighted by molar-refractivity contribution is 7.89. The van der Waals surface area contributed by atoms with Gasteiger partial charge in [-0.25, -0.2) is 8.42 Å². The standard InChI is InChI=1S/C33H38ClN3O7S/c34-27-10-8-26(9-11-27)23-37(31(21-25-5-2-1-3-6-25)33(39)35-22-29-7-4-18-43-29)32(38)24-44-28-12-14-30(15-13-28)45(40,41)36-16-19-42-20-17-36/h1-3,5-6,8-15,29,31H,4,7,16-24H2,(H,35,39)/t29-,31-/m1/s1. The summed E-state index contributed by atoms with van der Waals surface area (Å²) in [5, 5.41) is 3.57. The maximum atomic E-state index is 13.9. The molecule has 0 radical (unpaired) electrons. The third kappa shape index (κ3) is 9.05. The molecule has 2 heterocycles. The number of sulfonamides is 1. The Morgan fingerprint density at radius 1 is 0.956 bits per heavy atom. The van der Waals surface area contributed by atoms with E-state index in [1.807, 2.05) is 42.5 Å². The van der Waals surface area contributed by atoms with Crippen molar-refractivity contribution in [2.75, 3.05) is 46.1 Å². The molecule has 2 saturated heterocycles. The molecule has 1 N–H and O–H groups in total. The Labute approximate surface area is 269 Å². The van der Waals surface area contributed by atoms with Gasteiger partial charge in [0.05, 0.1) is 24.2 Å². The summed E-state index contributed by atoms with van der Waals surface area (Å²) in [6, 6.07) is 21.8. The molecule has 0 unspecified atom stereocenters. The number of ether oxygens (including phenoxy) is 3. The number of nitrogens with one attached hydrogen (secondary N) is 1. The molecule has 10 nitrogen and oxygen atoms in total. The van der Waals surface area contributed by atoms with Gasteiger partial charge >= 0.3 is 0 Å². The van der Waals surface area contributed by atoms with Gasteiger partial charge in [0.25, 0.3) is 5.91 Å². The summed E-state index contributed by atoms with van der Waals surface area (Å²) >= 11 is 6.11. The van der Waals surface area contributed by atoms with Crippen LogP contribution < -0.4 is 10.1 Å². The summed E-state index contributed by atoms with van der Waals surface area (Å²) in [4.78, 5) is 29.3. The zero-order chi connectivity index (χ0) is 31.6. The average molecular weight is 656 g/mol. The fraction of sp³-hybridized carbons (Fsp3) is 0.394. The van der Waals surface area contributed by atoms with Crippen molar-refractivity contribution in [3.05, 3.63) is 95.0 Å². The van der Waals surface area contributed by atoms with Crippen LogP contribution in [-0.4, -0.2) is 87.6 Å². The van der Waals surface area contributed by atoms with E-state index in [4.69, 9.17) is 25.8 Å². The number of amides is 2. The lowest BCUT2D eigenvalue weighted by molar-refractivity contribution is -0.143. The molecule has 2 aliphatic heterocycles. The van der Waals surface area contributed by atoms with Crippen LogP contribution in [0, 0.1) is 0 Å². The summed E-state index contributed by atoms with van der Waals surface area (Å²) in [5.41, 5.74) is 1.71. The van der Waals surface area contributed by atoms with Crippen molar-refractivity contribution in [3.8, 4) is 5.75 Å². The van der Waals surface area contributed by atoms with E-state index in [0.717, 1.165) is 24.0 Å². The minimum atomic E-state index is -3.66. The topological polar surface area (TPSA) is 114 Å². The lowest BCUT2D eigenvalue weighted by Gasteiger charge is -2.32. The zero-order valence-corrected chi connectivity index (χ0v) is 26.5. The highest BCUT2D eigenvalue weighted by Gasteiger charge is 2.32. The smallest absolute Gasteiger partial charge is 0.261 e. The number of morpholine rings is 1. The molecule has 12 heteroatoms. The Hall–Kier alpha value is -3.48. The molecule has 5 rings (SSSR count). The van der Waals surface area contributed by atoms with Gasteiger partial charge in [-0.1, -0.05) is 54.1 Å². The molecule has 0 spiro atoms. The molecule has 240 valence electrons. The Morgan fingerprint density at radius 2 is 1.67 bits per heavy atom. The molecule has 2 amide bonds. The van der Waals surface area contributed by atoms with Crippen molar-refractivity contribution in [1.82, 2.24) is 14.5 Å². The Bertz CT molecular complexity index is 1510. The lowest BCUT2D eigenvalue weighted by Crippen LogP contribution is -2.52. The van der Waals surface area contributed by atoms with E-state index in [1.165, 1.54) is 33.5 Å². The first-order valence-corrected chi connectivity index (χ1v) is 16.9. The largest absolute Gasteiger partial charge is 0.484 e. The predicted octanol–water partition coefficient (Wildman–Crippen LogP) is 3.68. The summed E-state index contributed by atoms with van der Waals surface area (Å²) in [6.07, 6.45) is 2.07. The number of hydrogen-bond acceptors (Lipinski definition) is 7. The van der Waals surface area contributed by atoms with Crippen LogP contribution in [0.15, 0.2) is 83.8 Å². The maximum Gasteiger partial charge on any atom is 0.261 e. The normalized spacial score (nSPS) is 17.8. The van der Waals surface area contributed by atoms with Gasteiger partial charge in [-0.05, 0) is 60.4 Å². The molecule has 2 atom stereocenters. The molecule has 45 heavy (non-hydrogen) atoms. The van der Waals surface area contributed by atoms with Gasteiger partial charge in [0.1, 0.15) is 11.8 Å². The average Bonchev–Trinajstić information content (AvgIpc) is 3.60. The van der Waals surface area contributed by atoms with Crippen LogP contribution in [0.25, 0.3) is 0 Å². The van der Waals surface area contributed by atoms with E-state index in [0.29, 0.717) is 56.6 Å². The molecular formula is C33H38ClN3O7S. The van der Waals surface area contributed by atoms with E-state index >= 15 is 0 Å². The fourth-order valence-corrected chi connectivity index (χ4v) is 6.88. The first kappa shape index (κ1) is 32.9. The monoisotopic (exact) mass is 655 g/mol. The number of nitrogens with zero attached hydrogens (tertiary/aromatic N) is 2. The van der Waals surface area contributed by atoms with Crippen LogP contribution in [0.1, 0.15) is 24.0 Å². The molecule has 0 saturated carbocycles. The Balaban J connectivity index is 1.33.